The van der Waals surface area contributed by atoms with Gasteiger partial charge in [0.05, 0.1) is 25.7 Å². The van der Waals surface area contributed by atoms with Gasteiger partial charge < -0.3 is 14.4 Å². The van der Waals surface area contributed by atoms with Crippen LogP contribution in [0.15, 0.2) is 36.4 Å². The average Bonchev–Trinajstić information content (AvgIpc) is 2.81. The number of rotatable bonds is 4. The molecule has 7 rings (SSSR count). The van der Waals surface area contributed by atoms with Gasteiger partial charge in [0.2, 0.25) is 5.91 Å². The summed E-state index contributed by atoms with van der Waals surface area (Å²) in [5, 5.41) is 0.697. The fourth-order valence-corrected chi connectivity index (χ4v) is 8.08. The monoisotopic (exact) mass is 465 g/mol. The highest BCUT2D eigenvalue weighted by molar-refractivity contribution is 6.30. The Morgan fingerprint density at radius 3 is 2.21 bits per heavy atom. The van der Waals surface area contributed by atoms with Crippen LogP contribution < -0.4 is 9.47 Å². The second-order valence-corrected chi connectivity index (χ2v) is 11.2. The Morgan fingerprint density at radius 1 is 0.970 bits per heavy atom. The first-order valence-corrected chi connectivity index (χ1v) is 12.7. The molecule has 0 saturated heterocycles. The van der Waals surface area contributed by atoms with Gasteiger partial charge in [-0.1, -0.05) is 23.7 Å². The Hall–Kier alpha value is -2.20. The quantitative estimate of drug-likeness (QED) is 0.551. The van der Waals surface area contributed by atoms with Crippen LogP contribution in [-0.4, -0.2) is 31.6 Å². The van der Waals surface area contributed by atoms with Gasteiger partial charge in [-0.15, -0.1) is 0 Å². The first-order chi connectivity index (χ1) is 16.0. The number of hydrogen-bond acceptors (Lipinski definition) is 3. The molecule has 4 aliphatic carbocycles. The summed E-state index contributed by atoms with van der Waals surface area (Å²) in [5.41, 5.74) is 3.24. The standard InChI is InChI=1S/C28H32ClNO3/c1-32-24-12-20-6-7-30(27(31)28-14-17-8-18(15-28)10-19(9-17)16-28)26(23(20)13-25(24)33-2)21-4-3-5-22(29)11-21/h3-5,11-13,17-19,26H,6-10,14-16H2,1-2H3. The molecule has 1 unspecified atom stereocenters. The van der Waals surface area contributed by atoms with Gasteiger partial charge in [0, 0.05) is 11.6 Å². The second kappa shape index (κ2) is 7.94. The molecule has 0 aromatic heterocycles. The van der Waals surface area contributed by atoms with Crippen molar-refractivity contribution in [3.8, 4) is 11.5 Å². The van der Waals surface area contributed by atoms with Crippen molar-refractivity contribution in [2.75, 3.05) is 20.8 Å². The summed E-state index contributed by atoms with van der Waals surface area (Å²) < 4.78 is 11.2. The highest BCUT2D eigenvalue weighted by Crippen LogP contribution is 2.61. The fourth-order valence-electron chi connectivity index (χ4n) is 7.88. The summed E-state index contributed by atoms with van der Waals surface area (Å²) >= 11 is 6.43. The topological polar surface area (TPSA) is 38.8 Å². The maximum absolute atomic E-state index is 14.4. The lowest BCUT2D eigenvalue weighted by Crippen LogP contribution is -2.56. The maximum atomic E-state index is 14.4. The highest BCUT2D eigenvalue weighted by Gasteiger charge is 2.56. The molecule has 0 radical (unpaired) electrons. The number of benzene rings is 2. The molecule has 2 aromatic carbocycles. The van der Waals surface area contributed by atoms with Gasteiger partial charge in [-0.25, -0.2) is 0 Å². The Kier molecular flexibility index (Phi) is 5.13. The molecule has 4 bridgehead atoms. The van der Waals surface area contributed by atoms with E-state index >= 15 is 0 Å². The molecule has 4 nitrogen and oxygen atoms in total. The van der Waals surface area contributed by atoms with E-state index in [0.717, 1.165) is 66.9 Å². The van der Waals surface area contributed by atoms with Gasteiger partial charge in [0.25, 0.3) is 0 Å². The van der Waals surface area contributed by atoms with Crippen LogP contribution in [0.5, 0.6) is 11.5 Å². The Morgan fingerprint density at radius 2 is 1.61 bits per heavy atom. The average molecular weight is 466 g/mol. The summed E-state index contributed by atoms with van der Waals surface area (Å²) in [4.78, 5) is 16.6. The molecule has 0 spiro atoms. The fraction of sp³-hybridized carbons (Fsp3) is 0.536. The minimum Gasteiger partial charge on any atom is -0.493 e. The number of amides is 1. The maximum Gasteiger partial charge on any atom is 0.229 e. The molecule has 1 heterocycles. The van der Waals surface area contributed by atoms with Crippen molar-refractivity contribution in [1.29, 1.82) is 0 Å². The van der Waals surface area contributed by atoms with Crippen LogP contribution in [0.25, 0.3) is 0 Å². The molecular formula is C28H32ClNO3. The van der Waals surface area contributed by atoms with Crippen molar-refractivity contribution in [2.24, 2.45) is 23.2 Å². The second-order valence-electron chi connectivity index (χ2n) is 10.8. The predicted octanol–water partition coefficient (Wildman–Crippen LogP) is 6.05. The van der Waals surface area contributed by atoms with Crippen molar-refractivity contribution in [3.63, 3.8) is 0 Å². The lowest BCUT2D eigenvalue weighted by atomic mass is 9.49. The number of carbonyl (C=O) groups is 1. The molecule has 0 N–H and O–H groups in total. The van der Waals surface area contributed by atoms with E-state index in [0.29, 0.717) is 16.7 Å². The van der Waals surface area contributed by atoms with Crippen LogP contribution in [0.1, 0.15) is 61.3 Å². The van der Waals surface area contributed by atoms with Crippen LogP contribution >= 0.6 is 11.6 Å². The van der Waals surface area contributed by atoms with Crippen LogP contribution in [0, 0.1) is 23.2 Å². The predicted molar refractivity (Wildman–Crippen MR) is 129 cm³/mol. The van der Waals surface area contributed by atoms with E-state index in [9.17, 15) is 4.79 Å². The van der Waals surface area contributed by atoms with E-state index in [2.05, 4.69) is 23.1 Å². The number of methoxy groups -OCH3 is 2. The summed E-state index contributed by atoms with van der Waals surface area (Å²) in [7, 11) is 3.34. The van der Waals surface area contributed by atoms with Gasteiger partial charge in [-0.05, 0) is 104 Å². The third-order valence-electron chi connectivity index (χ3n) is 8.79. The molecule has 4 fully saturated rings. The Labute approximate surface area is 201 Å². The molecule has 2 aromatic rings. The van der Waals surface area contributed by atoms with Gasteiger partial charge >= 0.3 is 0 Å². The summed E-state index contributed by atoms with van der Waals surface area (Å²) in [6.07, 6.45) is 8.07. The number of halogens is 1. The van der Waals surface area contributed by atoms with E-state index in [1.54, 1.807) is 14.2 Å². The van der Waals surface area contributed by atoms with Crippen molar-refractivity contribution in [3.05, 3.63) is 58.1 Å². The van der Waals surface area contributed by atoms with Crippen molar-refractivity contribution >= 4 is 17.5 Å². The van der Waals surface area contributed by atoms with E-state index in [4.69, 9.17) is 21.1 Å². The smallest absolute Gasteiger partial charge is 0.229 e. The normalized spacial score (nSPS) is 31.9. The molecular weight excluding hydrogens is 434 g/mol. The molecule has 33 heavy (non-hydrogen) atoms. The molecule has 1 atom stereocenters. The summed E-state index contributed by atoms with van der Waals surface area (Å²) in [5.74, 6) is 4.03. The number of carbonyl (C=O) groups excluding carboxylic acids is 1. The molecule has 5 heteroatoms. The van der Waals surface area contributed by atoms with Crippen LogP contribution in [-0.2, 0) is 11.2 Å². The molecule has 1 amide bonds. The molecule has 174 valence electrons. The van der Waals surface area contributed by atoms with E-state index in [-0.39, 0.29) is 11.5 Å². The third kappa shape index (κ3) is 3.44. The largest absolute Gasteiger partial charge is 0.493 e. The third-order valence-corrected chi connectivity index (χ3v) is 9.03. The summed E-state index contributed by atoms with van der Waals surface area (Å²) in [6, 6.07) is 12.0. The molecule has 1 aliphatic heterocycles. The number of nitrogens with zero attached hydrogens (tertiary/aromatic N) is 1. The van der Waals surface area contributed by atoms with Gasteiger partial charge in [0.15, 0.2) is 11.5 Å². The van der Waals surface area contributed by atoms with E-state index in [1.165, 1.54) is 24.8 Å². The van der Waals surface area contributed by atoms with Crippen LogP contribution in [0.3, 0.4) is 0 Å². The van der Waals surface area contributed by atoms with Crippen molar-refractivity contribution in [1.82, 2.24) is 4.90 Å². The lowest BCUT2D eigenvalue weighted by molar-refractivity contribution is -0.159. The minimum absolute atomic E-state index is 0.159. The zero-order chi connectivity index (χ0) is 22.7. The Balaban J connectivity index is 1.45. The first kappa shape index (κ1) is 21.3. The number of ether oxygens (including phenoxy) is 2. The zero-order valence-electron chi connectivity index (χ0n) is 19.5. The van der Waals surface area contributed by atoms with Gasteiger partial charge in [-0.2, -0.15) is 0 Å². The van der Waals surface area contributed by atoms with Gasteiger partial charge in [-0.3, -0.25) is 4.79 Å². The lowest BCUT2D eigenvalue weighted by Gasteiger charge is -2.57. The number of hydrogen-bond donors (Lipinski definition) is 0. The molecule has 5 aliphatic rings. The Bertz CT molecular complexity index is 1060. The van der Waals surface area contributed by atoms with Gasteiger partial charge in [0.1, 0.15) is 0 Å². The number of fused-ring (bicyclic) bond motifs is 1. The van der Waals surface area contributed by atoms with E-state index in [1.807, 2.05) is 18.2 Å². The highest BCUT2D eigenvalue weighted by atomic mass is 35.5. The SMILES string of the molecule is COc1cc2c(cc1OC)C(c1cccc(Cl)c1)N(C(=O)C13CC4CC(CC(C4)C1)C3)CC2. The van der Waals surface area contributed by atoms with Crippen molar-refractivity contribution < 1.29 is 14.3 Å². The van der Waals surface area contributed by atoms with E-state index < -0.39 is 0 Å². The molecule has 4 saturated carbocycles. The van der Waals surface area contributed by atoms with Crippen LogP contribution in [0.4, 0.5) is 0 Å². The first-order valence-electron chi connectivity index (χ1n) is 12.3. The van der Waals surface area contributed by atoms with Crippen LogP contribution in [0.2, 0.25) is 5.02 Å². The minimum atomic E-state index is -0.167. The van der Waals surface area contributed by atoms with Crippen molar-refractivity contribution in [2.45, 2.75) is 51.0 Å². The summed E-state index contributed by atoms with van der Waals surface area (Å²) in [6.45, 7) is 0.722. The zero-order valence-corrected chi connectivity index (χ0v) is 20.2.